The molecule has 0 spiro atoms. The number of nitrogens with zero attached hydrogens (tertiary/aromatic N) is 1. The lowest BCUT2D eigenvalue weighted by molar-refractivity contribution is -0.655. The zero-order valence-corrected chi connectivity index (χ0v) is 9.22. The van der Waals surface area contributed by atoms with Crippen molar-refractivity contribution in [2.24, 2.45) is 0 Å². The highest BCUT2D eigenvalue weighted by molar-refractivity contribution is 6.31. The van der Waals surface area contributed by atoms with Crippen molar-refractivity contribution in [3.8, 4) is 0 Å². The molecule has 0 atom stereocenters. The first-order valence-electron chi connectivity index (χ1n) is 5.10. The molecule has 0 aliphatic carbocycles. The van der Waals surface area contributed by atoms with E-state index in [9.17, 15) is 0 Å². The van der Waals surface area contributed by atoms with E-state index in [1.54, 1.807) is 0 Å². The zero-order valence-electron chi connectivity index (χ0n) is 8.46. The summed E-state index contributed by atoms with van der Waals surface area (Å²) in [5, 5.41) is 3.23. The van der Waals surface area contributed by atoms with Crippen molar-refractivity contribution in [1.82, 2.24) is 0 Å². The van der Waals surface area contributed by atoms with E-state index in [0.29, 0.717) is 0 Å². The molecule has 0 amide bonds. The molecule has 1 aromatic rings. The lowest BCUT2D eigenvalue weighted by Crippen LogP contribution is -2.89. The van der Waals surface area contributed by atoms with Crippen LogP contribution in [0, 0.1) is 6.92 Å². The van der Waals surface area contributed by atoms with Crippen molar-refractivity contribution in [2.75, 3.05) is 31.1 Å². The van der Waals surface area contributed by atoms with Gasteiger partial charge in [0.25, 0.3) is 0 Å². The topological polar surface area (TPSA) is 19.9 Å². The molecule has 2 nitrogen and oxygen atoms in total. The minimum absolute atomic E-state index is 0.872. The molecule has 0 aromatic heterocycles. The zero-order chi connectivity index (χ0) is 9.97. The molecule has 2 N–H and O–H groups in total. The lowest BCUT2D eigenvalue weighted by Gasteiger charge is -2.27. The van der Waals surface area contributed by atoms with Crippen LogP contribution in [0.3, 0.4) is 0 Å². The van der Waals surface area contributed by atoms with E-state index in [-0.39, 0.29) is 0 Å². The van der Waals surface area contributed by atoms with Gasteiger partial charge < -0.3 is 10.2 Å². The Morgan fingerprint density at radius 2 is 2.00 bits per heavy atom. The van der Waals surface area contributed by atoms with E-state index >= 15 is 0 Å². The molecule has 1 fully saturated rings. The van der Waals surface area contributed by atoms with Crippen molar-refractivity contribution in [3.05, 3.63) is 28.8 Å². The van der Waals surface area contributed by atoms with Gasteiger partial charge in [-0.25, -0.2) is 0 Å². The number of nitrogens with two attached hydrogens (primary N) is 1. The highest BCUT2D eigenvalue weighted by Crippen LogP contribution is 2.22. The number of halogens is 1. The summed E-state index contributed by atoms with van der Waals surface area (Å²) in [6.45, 7) is 6.66. The number of benzene rings is 1. The molecule has 1 saturated heterocycles. The maximum Gasteiger partial charge on any atom is 0.0934 e. The molecule has 3 heteroatoms. The lowest BCUT2D eigenvalue weighted by atomic mass is 10.2. The van der Waals surface area contributed by atoms with E-state index < -0.39 is 0 Å². The average Bonchev–Trinajstić information content (AvgIpc) is 2.23. The van der Waals surface area contributed by atoms with Crippen LogP contribution in [0.1, 0.15) is 5.56 Å². The average molecular weight is 212 g/mol. The summed E-state index contributed by atoms with van der Waals surface area (Å²) in [5.74, 6) is 0. The first kappa shape index (κ1) is 9.81. The van der Waals surface area contributed by atoms with Crippen molar-refractivity contribution < 1.29 is 5.32 Å². The maximum atomic E-state index is 6.10. The van der Waals surface area contributed by atoms with Crippen LogP contribution in [0.2, 0.25) is 5.02 Å². The highest BCUT2D eigenvalue weighted by atomic mass is 35.5. The molecular formula is C11H16ClN2+. The van der Waals surface area contributed by atoms with Gasteiger partial charge in [0.2, 0.25) is 0 Å². The van der Waals surface area contributed by atoms with E-state index in [1.165, 1.54) is 18.8 Å². The van der Waals surface area contributed by atoms with E-state index in [2.05, 4.69) is 28.4 Å². The molecule has 0 radical (unpaired) electrons. The fourth-order valence-corrected chi connectivity index (χ4v) is 1.96. The Hall–Kier alpha value is -0.730. The summed E-state index contributed by atoms with van der Waals surface area (Å²) in [7, 11) is 0. The van der Waals surface area contributed by atoms with Gasteiger partial charge in [-0.3, -0.25) is 0 Å². The monoisotopic (exact) mass is 211 g/mol. The van der Waals surface area contributed by atoms with Crippen LogP contribution in [-0.4, -0.2) is 26.2 Å². The molecular weight excluding hydrogens is 196 g/mol. The van der Waals surface area contributed by atoms with Gasteiger partial charge in [0.05, 0.1) is 26.2 Å². The van der Waals surface area contributed by atoms with Gasteiger partial charge in [-0.05, 0) is 24.6 Å². The van der Waals surface area contributed by atoms with Crippen LogP contribution in [0.4, 0.5) is 5.69 Å². The van der Waals surface area contributed by atoms with Crippen molar-refractivity contribution in [1.29, 1.82) is 0 Å². The minimum Gasteiger partial charge on any atom is -0.360 e. The largest absolute Gasteiger partial charge is 0.360 e. The van der Waals surface area contributed by atoms with Gasteiger partial charge in [0.15, 0.2) is 0 Å². The standard InChI is InChI=1S/C11H15ClN2/c1-9-2-3-10(8-11(9)12)14-6-4-13-5-7-14/h2-3,8,13H,4-7H2,1H3/p+1. The van der Waals surface area contributed by atoms with Crippen molar-refractivity contribution in [3.63, 3.8) is 0 Å². The Labute approximate surface area is 89.9 Å². The van der Waals surface area contributed by atoms with Gasteiger partial charge in [0.1, 0.15) is 0 Å². The molecule has 2 rings (SSSR count). The van der Waals surface area contributed by atoms with Gasteiger partial charge in [0, 0.05) is 10.7 Å². The van der Waals surface area contributed by atoms with E-state index in [0.717, 1.165) is 23.7 Å². The Morgan fingerprint density at radius 3 is 2.64 bits per heavy atom. The third-order valence-corrected chi connectivity index (χ3v) is 3.13. The van der Waals surface area contributed by atoms with Crippen molar-refractivity contribution >= 4 is 17.3 Å². The summed E-state index contributed by atoms with van der Waals surface area (Å²) >= 11 is 6.10. The summed E-state index contributed by atoms with van der Waals surface area (Å²) in [4.78, 5) is 2.39. The van der Waals surface area contributed by atoms with E-state index in [1.807, 2.05) is 6.92 Å². The molecule has 0 saturated carbocycles. The third-order valence-electron chi connectivity index (χ3n) is 2.73. The third kappa shape index (κ3) is 2.02. The molecule has 1 aliphatic rings. The molecule has 0 unspecified atom stereocenters. The van der Waals surface area contributed by atoms with Crippen LogP contribution >= 0.6 is 11.6 Å². The molecule has 0 bridgehead atoms. The van der Waals surface area contributed by atoms with Gasteiger partial charge in [-0.2, -0.15) is 0 Å². The quantitative estimate of drug-likeness (QED) is 0.736. The predicted molar refractivity (Wildman–Crippen MR) is 60.1 cm³/mol. The molecule has 1 heterocycles. The second-order valence-electron chi connectivity index (χ2n) is 3.79. The molecule has 1 aromatic carbocycles. The number of anilines is 1. The van der Waals surface area contributed by atoms with E-state index in [4.69, 9.17) is 11.6 Å². The molecule has 76 valence electrons. The maximum absolute atomic E-state index is 6.10. The first-order chi connectivity index (χ1) is 6.77. The summed E-state index contributed by atoms with van der Waals surface area (Å²) in [6, 6.07) is 6.32. The van der Waals surface area contributed by atoms with Gasteiger partial charge in [-0.15, -0.1) is 0 Å². The SMILES string of the molecule is Cc1ccc(N2CC[NH2+]CC2)cc1Cl. The van der Waals surface area contributed by atoms with Crippen LogP contribution in [0.5, 0.6) is 0 Å². The first-order valence-corrected chi connectivity index (χ1v) is 5.48. The second kappa shape index (κ2) is 4.20. The Bertz CT molecular complexity index is 319. The van der Waals surface area contributed by atoms with Gasteiger partial charge >= 0.3 is 0 Å². The Balaban J connectivity index is 2.18. The molecule has 1 aliphatic heterocycles. The van der Waals surface area contributed by atoms with Crippen LogP contribution in [-0.2, 0) is 0 Å². The summed E-state index contributed by atoms with van der Waals surface area (Å²) in [5.41, 5.74) is 2.41. The smallest absolute Gasteiger partial charge is 0.0934 e. The summed E-state index contributed by atoms with van der Waals surface area (Å²) in [6.07, 6.45) is 0. The fourth-order valence-electron chi connectivity index (χ4n) is 1.79. The van der Waals surface area contributed by atoms with Gasteiger partial charge in [-0.1, -0.05) is 17.7 Å². The fraction of sp³-hybridized carbons (Fsp3) is 0.455. The normalized spacial score (nSPS) is 17.1. The number of aryl methyl sites for hydroxylation is 1. The Kier molecular flexibility index (Phi) is 2.94. The molecule has 14 heavy (non-hydrogen) atoms. The number of rotatable bonds is 1. The van der Waals surface area contributed by atoms with Crippen LogP contribution in [0.25, 0.3) is 0 Å². The highest BCUT2D eigenvalue weighted by Gasteiger charge is 2.12. The second-order valence-corrected chi connectivity index (χ2v) is 4.19. The summed E-state index contributed by atoms with van der Waals surface area (Å²) < 4.78 is 0. The number of piperazine rings is 1. The number of quaternary nitrogens is 1. The van der Waals surface area contributed by atoms with Crippen LogP contribution in [0.15, 0.2) is 18.2 Å². The van der Waals surface area contributed by atoms with Crippen LogP contribution < -0.4 is 10.2 Å². The predicted octanol–water partition coefficient (Wildman–Crippen LogP) is 1.03. The van der Waals surface area contributed by atoms with Crippen molar-refractivity contribution in [2.45, 2.75) is 6.92 Å². The minimum atomic E-state index is 0.872. The number of hydrogen-bond acceptors (Lipinski definition) is 1. The number of hydrogen-bond donors (Lipinski definition) is 1. The Morgan fingerprint density at radius 1 is 1.29 bits per heavy atom.